The van der Waals surface area contributed by atoms with Crippen LogP contribution in [-0.2, 0) is 11.3 Å². The van der Waals surface area contributed by atoms with Gasteiger partial charge in [-0.1, -0.05) is 36.4 Å². The lowest BCUT2D eigenvalue weighted by molar-refractivity contribution is -0.129. The standard InChI is InChI=1S/C27H29F2NO2/c1-19(2)32-26-14-8-23(9-15-26)27(22-6-12-25(29)13-7-22)16-17-30(20(3)31)18-21-4-10-24(28)11-5-21/h4-15,19,27H,16-18H2,1-3H3/t27-/m1/s1. The number of nitrogens with zero attached hydrogens (tertiary/aromatic N) is 1. The first kappa shape index (κ1) is 23.5. The van der Waals surface area contributed by atoms with Crippen LogP contribution >= 0.6 is 0 Å². The van der Waals surface area contributed by atoms with E-state index in [9.17, 15) is 13.6 Å². The summed E-state index contributed by atoms with van der Waals surface area (Å²) in [7, 11) is 0. The van der Waals surface area contributed by atoms with Crippen molar-refractivity contribution in [1.29, 1.82) is 0 Å². The van der Waals surface area contributed by atoms with E-state index in [1.807, 2.05) is 38.1 Å². The molecule has 1 atom stereocenters. The van der Waals surface area contributed by atoms with Crippen LogP contribution in [0.3, 0.4) is 0 Å². The van der Waals surface area contributed by atoms with Crippen LogP contribution in [0.25, 0.3) is 0 Å². The molecular weight excluding hydrogens is 408 g/mol. The minimum Gasteiger partial charge on any atom is -0.491 e. The second kappa shape index (κ2) is 10.9. The SMILES string of the molecule is CC(=O)N(CC[C@H](c1ccc(F)cc1)c1ccc(OC(C)C)cc1)Cc1ccc(F)cc1. The van der Waals surface area contributed by atoms with Crippen molar-refractivity contribution in [3.05, 3.63) is 101 Å². The van der Waals surface area contributed by atoms with Crippen molar-refractivity contribution in [2.24, 2.45) is 0 Å². The van der Waals surface area contributed by atoms with E-state index in [1.165, 1.54) is 31.2 Å². The van der Waals surface area contributed by atoms with E-state index < -0.39 is 0 Å². The molecule has 0 fully saturated rings. The van der Waals surface area contributed by atoms with Crippen LogP contribution in [0.2, 0.25) is 0 Å². The summed E-state index contributed by atoms with van der Waals surface area (Å²) >= 11 is 0. The zero-order chi connectivity index (χ0) is 23.1. The minimum absolute atomic E-state index is 0.0150. The molecule has 3 aromatic rings. The quantitative estimate of drug-likeness (QED) is 0.392. The van der Waals surface area contributed by atoms with Gasteiger partial charge in [-0.25, -0.2) is 8.78 Å². The average Bonchev–Trinajstić information content (AvgIpc) is 2.76. The van der Waals surface area contributed by atoms with Crippen molar-refractivity contribution in [2.45, 2.75) is 45.8 Å². The van der Waals surface area contributed by atoms with Crippen molar-refractivity contribution >= 4 is 5.91 Å². The Morgan fingerprint density at radius 3 is 1.84 bits per heavy atom. The Balaban J connectivity index is 1.80. The van der Waals surface area contributed by atoms with Gasteiger partial charge in [0.1, 0.15) is 17.4 Å². The van der Waals surface area contributed by atoms with Gasteiger partial charge in [0.25, 0.3) is 0 Å². The highest BCUT2D eigenvalue weighted by atomic mass is 19.1. The molecule has 3 nitrogen and oxygen atoms in total. The van der Waals surface area contributed by atoms with Crippen molar-refractivity contribution in [2.75, 3.05) is 6.54 Å². The van der Waals surface area contributed by atoms with E-state index >= 15 is 0 Å². The summed E-state index contributed by atoms with van der Waals surface area (Å²) in [4.78, 5) is 14.0. The number of carbonyl (C=O) groups is 1. The summed E-state index contributed by atoms with van der Waals surface area (Å²) in [5.41, 5.74) is 2.92. The first-order valence-corrected chi connectivity index (χ1v) is 10.8. The Hall–Kier alpha value is -3.21. The molecule has 0 aliphatic rings. The Labute approximate surface area is 188 Å². The molecule has 0 spiro atoms. The maximum Gasteiger partial charge on any atom is 0.219 e. The zero-order valence-electron chi connectivity index (χ0n) is 18.7. The summed E-state index contributed by atoms with van der Waals surface area (Å²) in [6.07, 6.45) is 0.751. The Kier molecular flexibility index (Phi) is 7.98. The van der Waals surface area contributed by atoms with Gasteiger partial charge >= 0.3 is 0 Å². The predicted molar refractivity (Wildman–Crippen MR) is 123 cm³/mol. The highest BCUT2D eigenvalue weighted by molar-refractivity contribution is 5.73. The molecule has 5 heteroatoms. The molecule has 0 aliphatic heterocycles. The first-order valence-electron chi connectivity index (χ1n) is 10.8. The molecular formula is C27H29F2NO2. The fourth-order valence-corrected chi connectivity index (χ4v) is 3.71. The van der Waals surface area contributed by atoms with Crippen LogP contribution in [0.15, 0.2) is 72.8 Å². The highest BCUT2D eigenvalue weighted by Gasteiger charge is 2.18. The van der Waals surface area contributed by atoms with Gasteiger partial charge in [0.05, 0.1) is 6.10 Å². The Bertz CT molecular complexity index is 999. The molecule has 0 saturated carbocycles. The van der Waals surface area contributed by atoms with Gasteiger partial charge in [-0.15, -0.1) is 0 Å². The van der Waals surface area contributed by atoms with Crippen molar-refractivity contribution in [3.8, 4) is 5.75 Å². The molecule has 3 aromatic carbocycles. The van der Waals surface area contributed by atoms with Crippen LogP contribution in [0.4, 0.5) is 8.78 Å². The first-order chi connectivity index (χ1) is 15.3. The number of halogens is 2. The number of hydrogen-bond donors (Lipinski definition) is 0. The lowest BCUT2D eigenvalue weighted by Gasteiger charge is -2.25. The van der Waals surface area contributed by atoms with Gasteiger partial charge in [-0.05, 0) is 73.4 Å². The van der Waals surface area contributed by atoms with E-state index in [0.29, 0.717) is 19.5 Å². The second-order valence-corrected chi connectivity index (χ2v) is 8.20. The van der Waals surface area contributed by atoms with Gasteiger partial charge in [0, 0.05) is 25.9 Å². The summed E-state index contributed by atoms with van der Waals surface area (Å²) in [6.45, 7) is 6.42. The van der Waals surface area contributed by atoms with Crippen LogP contribution in [0, 0.1) is 11.6 Å². The van der Waals surface area contributed by atoms with Crippen molar-refractivity contribution < 1.29 is 18.3 Å². The molecule has 0 saturated heterocycles. The maximum absolute atomic E-state index is 13.5. The van der Waals surface area contributed by atoms with E-state index in [4.69, 9.17) is 4.74 Å². The molecule has 0 aromatic heterocycles. The van der Waals surface area contributed by atoms with Gasteiger partial charge in [-0.3, -0.25) is 4.79 Å². The largest absolute Gasteiger partial charge is 0.491 e. The van der Waals surface area contributed by atoms with Crippen molar-refractivity contribution in [3.63, 3.8) is 0 Å². The fraction of sp³-hybridized carbons (Fsp3) is 0.296. The number of benzene rings is 3. The molecule has 0 aliphatic carbocycles. The molecule has 1 amide bonds. The van der Waals surface area contributed by atoms with E-state index in [0.717, 1.165) is 22.4 Å². The number of rotatable bonds is 9. The van der Waals surface area contributed by atoms with Gasteiger partial charge in [-0.2, -0.15) is 0 Å². The molecule has 0 unspecified atom stereocenters. The summed E-state index contributed by atoms with van der Waals surface area (Å²) in [6, 6.07) is 20.6. The van der Waals surface area contributed by atoms with Gasteiger partial charge in [0.2, 0.25) is 5.91 Å². The molecule has 0 heterocycles. The van der Waals surface area contributed by atoms with E-state index in [1.54, 1.807) is 29.2 Å². The van der Waals surface area contributed by atoms with Crippen LogP contribution in [0.1, 0.15) is 49.8 Å². The highest BCUT2D eigenvalue weighted by Crippen LogP contribution is 2.30. The average molecular weight is 438 g/mol. The molecule has 0 radical (unpaired) electrons. The van der Waals surface area contributed by atoms with E-state index in [-0.39, 0.29) is 29.6 Å². The molecule has 3 rings (SSSR count). The van der Waals surface area contributed by atoms with Crippen LogP contribution < -0.4 is 4.74 Å². The number of hydrogen-bond acceptors (Lipinski definition) is 2. The van der Waals surface area contributed by atoms with E-state index in [2.05, 4.69) is 0 Å². The van der Waals surface area contributed by atoms with Gasteiger partial charge in [0.15, 0.2) is 0 Å². The monoisotopic (exact) mass is 437 g/mol. The third-order valence-electron chi connectivity index (χ3n) is 5.35. The normalized spacial score (nSPS) is 11.9. The predicted octanol–water partition coefficient (Wildman–Crippen LogP) is 6.32. The Morgan fingerprint density at radius 2 is 1.34 bits per heavy atom. The lowest BCUT2D eigenvalue weighted by atomic mass is 9.88. The van der Waals surface area contributed by atoms with Crippen molar-refractivity contribution in [1.82, 2.24) is 4.90 Å². The Morgan fingerprint density at radius 1 is 0.844 bits per heavy atom. The third-order valence-corrected chi connectivity index (χ3v) is 5.35. The lowest BCUT2D eigenvalue weighted by Crippen LogP contribution is -2.30. The molecule has 32 heavy (non-hydrogen) atoms. The fourth-order valence-electron chi connectivity index (χ4n) is 3.71. The summed E-state index contributed by atoms with van der Waals surface area (Å²) in [5, 5.41) is 0. The smallest absolute Gasteiger partial charge is 0.219 e. The second-order valence-electron chi connectivity index (χ2n) is 8.20. The molecule has 0 N–H and O–H groups in total. The number of amides is 1. The van der Waals surface area contributed by atoms with Crippen LogP contribution in [-0.4, -0.2) is 23.5 Å². The number of ether oxygens (including phenoxy) is 1. The third kappa shape index (κ3) is 6.64. The molecule has 168 valence electrons. The minimum atomic E-state index is -0.301. The molecule has 0 bridgehead atoms. The zero-order valence-corrected chi connectivity index (χ0v) is 18.7. The summed E-state index contributed by atoms with van der Waals surface area (Å²) in [5.74, 6) is 0.147. The van der Waals surface area contributed by atoms with Crippen LogP contribution in [0.5, 0.6) is 5.75 Å². The van der Waals surface area contributed by atoms with Gasteiger partial charge < -0.3 is 9.64 Å². The maximum atomic E-state index is 13.5. The number of carbonyl (C=O) groups excluding carboxylic acids is 1. The topological polar surface area (TPSA) is 29.5 Å². The summed E-state index contributed by atoms with van der Waals surface area (Å²) < 4.78 is 32.5.